The fraction of sp³-hybridized carbons (Fsp3) is 0.667. The first kappa shape index (κ1) is 46.1. The second-order valence-corrected chi connectivity index (χ2v) is 15.5. The molecule has 0 aliphatic rings. The molecule has 0 spiro atoms. The van der Waals surface area contributed by atoms with Gasteiger partial charge in [-0.15, -0.1) is 10.2 Å². The predicted molar refractivity (Wildman–Crippen MR) is 225 cm³/mol. The minimum Gasteiger partial charge on any atom is -0.434 e. The third-order valence-electron chi connectivity index (χ3n) is 10.5. The number of fused-ring (bicyclic) bond motifs is 2. The number of benzene rings is 2. The predicted octanol–water partition coefficient (Wildman–Crippen LogP) is 10.9. The van der Waals surface area contributed by atoms with E-state index < -0.39 is 6.16 Å². The molecule has 0 radical (unpaired) electrons. The summed E-state index contributed by atoms with van der Waals surface area (Å²) in [5.41, 5.74) is 2.81. The summed E-state index contributed by atoms with van der Waals surface area (Å²) in [6, 6.07) is 14.8. The van der Waals surface area contributed by atoms with Crippen LogP contribution in [0.4, 0.5) is 4.79 Å². The van der Waals surface area contributed by atoms with Crippen molar-refractivity contribution in [2.24, 2.45) is 0 Å². The van der Waals surface area contributed by atoms with Gasteiger partial charge in [-0.1, -0.05) is 175 Å². The molecule has 2 aromatic heterocycles. The van der Waals surface area contributed by atoms with Crippen molar-refractivity contribution in [3.63, 3.8) is 0 Å². The lowest BCUT2D eigenvalue weighted by Crippen LogP contribution is -2.20. The highest BCUT2D eigenvalue weighted by atomic mass is 16.7. The van der Waals surface area contributed by atoms with E-state index in [2.05, 4.69) is 20.6 Å². The second kappa shape index (κ2) is 29.6. The van der Waals surface area contributed by atoms with Crippen LogP contribution in [0.3, 0.4) is 0 Å². The summed E-state index contributed by atoms with van der Waals surface area (Å²) < 4.78 is 10.5. The number of hydrogen-bond acceptors (Lipinski definition) is 11. The molecule has 0 fully saturated rings. The Bertz CT molecular complexity index is 1590. The van der Waals surface area contributed by atoms with Gasteiger partial charge in [0.25, 0.3) is 0 Å². The summed E-state index contributed by atoms with van der Waals surface area (Å²) in [7, 11) is 0. The third kappa shape index (κ3) is 19.7. The van der Waals surface area contributed by atoms with E-state index in [-0.39, 0.29) is 11.9 Å². The van der Waals surface area contributed by atoms with Gasteiger partial charge in [-0.3, -0.25) is 0 Å². The zero-order valence-electron chi connectivity index (χ0n) is 34.9. The van der Waals surface area contributed by atoms with Gasteiger partial charge < -0.3 is 19.1 Å². The smallest absolute Gasteiger partial charge is 0.434 e. The normalized spacial score (nSPS) is 11.3. The molecule has 2 heterocycles. The van der Waals surface area contributed by atoms with Gasteiger partial charge in [0.05, 0.1) is 13.2 Å². The van der Waals surface area contributed by atoms with Gasteiger partial charge in [-0.05, 0) is 60.4 Å². The average Bonchev–Trinajstić information content (AvgIpc) is 3.84. The molecule has 320 valence electrons. The molecule has 0 saturated heterocycles. The highest BCUT2D eigenvalue weighted by Crippen LogP contribution is 2.16. The van der Waals surface area contributed by atoms with Crippen LogP contribution < -0.4 is 9.68 Å². The summed E-state index contributed by atoms with van der Waals surface area (Å²) in [6.07, 6.45) is 30.2. The zero-order chi connectivity index (χ0) is 40.7. The zero-order valence-corrected chi connectivity index (χ0v) is 34.9. The molecule has 0 N–H and O–H groups in total. The van der Waals surface area contributed by atoms with E-state index in [1.54, 1.807) is 0 Å². The minimum atomic E-state index is -0.529. The van der Waals surface area contributed by atoms with Crippen LogP contribution >= 0.6 is 0 Å². The number of aromatic nitrogens is 6. The number of carbonyl (C=O) groups excluding carboxylic acids is 3. The summed E-state index contributed by atoms with van der Waals surface area (Å²) in [5, 5.41) is 15.8. The molecule has 13 heteroatoms. The van der Waals surface area contributed by atoms with Gasteiger partial charge in [0.15, 0.2) is 0 Å². The average molecular weight is 805 g/mol. The van der Waals surface area contributed by atoms with Gasteiger partial charge in [-0.25, -0.2) is 14.4 Å². The molecule has 0 bridgehead atoms. The Morgan fingerprint density at radius 2 is 0.690 bits per heavy atom. The number of para-hydroxylation sites is 2. The first-order valence-electron chi connectivity index (χ1n) is 22.4. The van der Waals surface area contributed by atoms with Gasteiger partial charge in [-0.2, -0.15) is 0 Å². The largest absolute Gasteiger partial charge is 0.508 e. The van der Waals surface area contributed by atoms with E-state index in [1.165, 1.54) is 112 Å². The summed E-state index contributed by atoms with van der Waals surface area (Å²) in [6.45, 7) is 0.887. The highest BCUT2D eigenvalue weighted by molar-refractivity contribution is 5.76. The maximum absolute atomic E-state index is 12.1. The Morgan fingerprint density at radius 1 is 0.397 bits per heavy atom. The van der Waals surface area contributed by atoms with Crippen LogP contribution in [0, 0.1) is 0 Å². The molecule has 0 aliphatic carbocycles. The lowest BCUT2D eigenvalue weighted by Gasteiger charge is -2.07. The SMILES string of the molecule is O=C(CCCCCCCCCCCCCCCOC(=O)OCCCCCCCCCCCCCCCC(=O)On1nnc2ccccc21)On1nnc2ccccc21. The number of carbonyl (C=O) groups is 3. The quantitative estimate of drug-likeness (QED) is 0.0252. The second-order valence-electron chi connectivity index (χ2n) is 15.5. The van der Waals surface area contributed by atoms with Crippen molar-refractivity contribution < 1.29 is 33.5 Å². The summed E-state index contributed by atoms with van der Waals surface area (Å²) in [4.78, 5) is 49.2. The highest BCUT2D eigenvalue weighted by Gasteiger charge is 2.11. The molecular weight excluding hydrogens is 737 g/mol. The van der Waals surface area contributed by atoms with Crippen LogP contribution in [0.25, 0.3) is 22.1 Å². The van der Waals surface area contributed by atoms with Crippen LogP contribution in [-0.2, 0) is 19.1 Å². The van der Waals surface area contributed by atoms with Crippen molar-refractivity contribution in [3.8, 4) is 0 Å². The van der Waals surface area contributed by atoms with E-state index in [0.717, 1.165) is 64.2 Å². The van der Waals surface area contributed by atoms with E-state index in [9.17, 15) is 14.4 Å². The first-order valence-corrected chi connectivity index (χ1v) is 22.4. The maximum atomic E-state index is 12.1. The molecular formula is C45H68N6O7. The standard InChI is InChI=1S/C45H68N6O7/c52-43(57-50-41-33-27-25-31-39(41)46-48-50)35-23-19-15-11-7-3-1-5-9-13-17-21-29-37-55-45(54)56-38-30-22-18-14-10-6-2-4-8-12-16-20-24-36-44(53)58-51-42-34-28-26-32-40(42)47-49-51/h25-28,31-34H,1-24,29-30,35-38H2. The Hall–Kier alpha value is -4.55. The van der Waals surface area contributed by atoms with Gasteiger partial charge in [0, 0.05) is 12.8 Å². The van der Waals surface area contributed by atoms with Crippen molar-refractivity contribution in [1.29, 1.82) is 0 Å². The number of unbranched alkanes of at least 4 members (excludes halogenated alkanes) is 24. The van der Waals surface area contributed by atoms with E-state index in [0.29, 0.717) is 48.1 Å². The van der Waals surface area contributed by atoms with Crippen molar-refractivity contribution in [2.45, 2.75) is 180 Å². The molecule has 4 rings (SSSR count). The van der Waals surface area contributed by atoms with Crippen molar-refractivity contribution >= 4 is 40.2 Å². The Morgan fingerprint density at radius 3 is 1.03 bits per heavy atom. The monoisotopic (exact) mass is 805 g/mol. The molecule has 0 atom stereocenters. The Labute approximate surface area is 344 Å². The molecule has 2 aromatic carbocycles. The lowest BCUT2D eigenvalue weighted by molar-refractivity contribution is -0.146. The lowest BCUT2D eigenvalue weighted by atomic mass is 10.0. The third-order valence-corrected chi connectivity index (χ3v) is 10.5. The number of rotatable bonds is 34. The van der Waals surface area contributed by atoms with Gasteiger partial charge in [0.1, 0.15) is 22.1 Å². The summed E-state index contributed by atoms with van der Waals surface area (Å²) >= 11 is 0. The van der Waals surface area contributed by atoms with Crippen molar-refractivity contribution in [1.82, 2.24) is 30.3 Å². The molecule has 13 nitrogen and oxygen atoms in total. The fourth-order valence-corrected chi connectivity index (χ4v) is 7.10. The molecule has 0 saturated carbocycles. The molecule has 58 heavy (non-hydrogen) atoms. The number of nitrogens with zero attached hydrogens (tertiary/aromatic N) is 6. The van der Waals surface area contributed by atoms with Crippen LogP contribution in [0.1, 0.15) is 180 Å². The van der Waals surface area contributed by atoms with Crippen LogP contribution in [0.2, 0.25) is 0 Å². The van der Waals surface area contributed by atoms with Gasteiger partial charge in [0.2, 0.25) is 0 Å². The van der Waals surface area contributed by atoms with Crippen molar-refractivity contribution in [2.75, 3.05) is 13.2 Å². The van der Waals surface area contributed by atoms with Gasteiger partial charge >= 0.3 is 18.1 Å². The Kier molecular flexibility index (Phi) is 23.6. The van der Waals surface area contributed by atoms with Crippen LogP contribution in [-0.4, -0.2) is 61.6 Å². The summed E-state index contributed by atoms with van der Waals surface area (Å²) in [5.74, 6) is -0.542. The number of ether oxygens (including phenoxy) is 2. The minimum absolute atomic E-state index is 0.271. The topological polar surface area (TPSA) is 150 Å². The Balaban J connectivity index is 0.783. The first-order chi connectivity index (χ1) is 28.6. The molecule has 0 aliphatic heterocycles. The number of hydrogen-bond donors (Lipinski definition) is 0. The molecule has 0 amide bonds. The van der Waals surface area contributed by atoms with Crippen molar-refractivity contribution in [3.05, 3.63) is 48.5 Å². The van der Waals surface area contributed by atoms with E-state index in [4.69, 9.17) is 19.1 Å². The van der Waals surface area contributed by atoms with Crippen LogP contribution in [0.15, 0.2) is 48.5 Å². The van der Waals surface area contributed by atoms with Crippen LogP contribution in [0.5, 0.6) is 0 Å². The fourth-order valence-electron chi connectivity index (χ4n) is 7.10. The molecule has 0 unspecified atom stereocenters. The van der Waals surface area contributed by atoms with E-state index >= 15 is 0 Å². The molecule has 4 aromatic rings. The van der Waals surface area contributed by atoms with E-state index in [1.807, 2.05) is 48.5 Å². The maximum Gasteiger partial charge on any atom is 0.508 e.